The third-order valence-corrected chi connectivity index (χ3v) is 6.15. The lowest BCUT2D eigenvalue weighted by Crippen LogP contribution is -2.54. The van der Waals surface area contributed by atoms with Crippen LogP contribution in [0.25, 0.3) is 11.1 Å². The highest BCUT2D eigenvalue weighted by molar-refractivity contribution is 6.08. The Balaban J connectivity index is 1.30. The number of aryl methyl sites for hydroxylation is 1. The number of aromatic nitrogens is 1. The lowest BCUT2D eigenvalue weighted by Gasteiger charge is -2.36. The zero-order chi connectivity index (χ0) is 21.3. The predicted octanol–water partition coefficient (Wildman–Crippen LogP) is 2.03. The number of fused-ring (bicyclic) bond motifs is 1. The Bertz CT molecular complexity index is 1040. The minimum Gasteiger partial charge on any atom is -0.464 e. The number of carbonyl (C=O) groups excluding carboxylic acids is 3. The Kier molecular flexibility index (Phi) is 5.36. The van der Waals surface area contributed by atoms with Gasteiger partial charge in [-0.15, -0.1) is 0 Å². The molecule has 160 valence electrons. The van der Waals surface area contributed by atoms with E-state index in [2.05, 4.69) is 5.32 Å². The number of esters is 1. The van der Waals surface area contributed by atoms with Gasteiger partial charge in [0, 0.05) is 6.54 Å². The quantitative estimate of drug-likeness (QED) is 0.439. The van der Waals surface area contributed by atoms with Crippen LogP contribution < -0.4 is 11.1 Å². The molecule has 1 aliphatic carbocycles. The van der Waals surface area contributed by atoms with Gasteiger partial charge in [-0.25, -0.2) is 9.59 Å². The van der Waals surface area contributed by atoms with E-state index >= 15 is 0 Å². The van der Waals surface area contributed by atoms with Gasteiger partial charge in [-0.05, 0) is 37.3 Å². The highest BCUT2D eigenvalue weighted by atomic mass is 16.5. The normalized spacial score (nSPS) is 23.9. The van der Waals surface area contributed by atoms with Crippen LogP contribution in [0.3, 0.4) is 0 Å². The van der Waals surface area contributed by atoms with Gasteiger partial charge in [0.05, 0.1) is 12.1 Å². The molecule has 2 fully saturated rings. The monoisotopic (exact) mass is 415 g/mol. The molecule has 1 spiro atoms. The molecule has 1 saturated heterocycles. The predicted molar refractivity (Wildman–Crippen MR) is 107 cm³/mol. The SMILES string of the molecule is CC1CCCCC12NC(=O)N(CC(=O)OCCCn1c(=O)oc3ccccc31)C2=O. The number of hydrogen-bond donors (Lipinski definition) is 1. The number of oxazole rings is 1. The molecular weight excluding hydrogens is 390 g/mol. The first-order chi connectivity index (χ1) is 14.4. The summed E-state index contributed by atoms with van der Waals surface area (Å²) in [5, 5.41) is 2.81. The van der Waals surface area contributed by atoms with E-state index in [4.69, 9.17) is 9.15 Å². The van der Waals surface area contributed by atoms with Crippen molar-refractivity contribution in [2.24, 2.45) is 5.92 Å². The van der Waals surface area contributed by atoms with Crippen molar-refractivity contribution in [1.29, 1.82) is 0 Å². The largest absolute Gasteiger partial charge is 0.464 e. The lowest BCUT2D eigenvalue weighted by atomic mass is 9.73. The molecule has 1 aromatic carbocycles. The van der Waals surface area contributed by atoms with Crippen LogP contribution in [0, 0.1) is 5.92 Å². The van der Waals surface area contributed by atoms with E-state index in [1.165, 1.54) is 4.57 Å². The molecule has 9 heteroatoms. The van der Waals surface area contributed by atoms with Crippen molar-refractivity contribution in [2.75, 3.05) is 13.2 Å². The van der Waals surface area contributed by atoms with E-state index in [0.29, 0.717) is 30.5 Å². The molecule has 2 aromatic rings. The standard InChI is InChI=1S/C21H25N3O6/c1-14-7-4-5-10-21(14)18(26)24(19(27)22-21)13-17(25)29-12-6-11-23-15-8-2-3-9-16(15)30-20(23)28/h2-3,8-9,14H,4-7,10-13H2,1H3,(H,22,27). The summed E-state index contributed by atoms with van der Waals surface area (Å²) in [6, 6.07) is 6.55. The average Bonchev–Trinajstić information content (AvgIpc) is 3.16. The van der Waals surface area contributed by atoms with Crippen molar-refractivity contribution < 1.29 is 23.5 Å². The molecule has 3 amide bonds. The minimum atomic E-state index is -0.890. The fraction of sp³-hybridized carbons (Fsp3) is 0.524. The average molecular weight is 415 g/mol. The van der Waals surface area contributed by atoms with E-state index < -0.39 is 29.8 Å². The Morgan fingerprint density at radius 3 is 2.87 bits per heavy atom. The van der Waals surface area contributed by atoms with Gasteiger partial charge in [-0.3, -0.25) is 19.1 Å². The molecule has 0 bridgehead atoms. The van der Waals surface area contributed by atoms with Gasteiger partial charge < -0.3 is 14.5 Å². The first kappa shape index (κ1) is 20.2. The van der Waals surface area contributed by atoms with E-state index in [9.17, 15) is 19.2 Å². The first-order valence-electron chi connectivity index (χ1n) is 10.3. The van der Waals surface area contributed by atoms with E-state index in [-0.39, 0.29) is 18.4 Å². The maximum absolute atomic E-state index is 12.9. The van der Waals surface area contributed by atoms with Crippen LogP contribution in [0.5, 0.6) is 0 Å². The second-order valence-corrected chi connectivity index (χ2v) is 8.00. The van der Waals surface area contributed by atoms with Gasteiger partial charge in [0.2, 0.25) is 0 Å². The summed E-state index contributed by atoms with van der Waals surface area (Å²) in [6.07, 6.45) is 3.76. The number of benzene rings is 1. The molecule has 1 aliphatic heterocycles. The van der Waals surface area contributed by atoms with Gasteiger partial charge in [0.1, 0.15) is 12.1 Å². The third-order valence-electron chi connectivity index (χ3n) is 6.15. The maximum atomic E-state index is 12.9. The molecule has 4 rings (SSSR count). The van der Waals surface area contributed by atoms with E-state index in [1.54, 1.807) is 18.2 Å². The highest BCUT2D eigenvalue weighted by Gasteiger charge is 2.55. The summed E-state index contributed by atoms with van der Waals surface area (Å²) in [6.45, 7) is 1.94. The van der Waals surface area contributed by atoms with Crippen molar-refractivity contribution in [2.45, 2.75) is 51.1 Å². The number of para-hydroxylation sites is 2. The number of imide groups is 1. The zero-order valence-electron chi connectivity index (χ0n) is 16.9. The lowest BCUT2D eigenvalue weighted by molar-refractivity contribution is -0.148. The number of carbonyl (C=O) groups is 3. The molecule has 2 heterocycles. The Morgan fingerprint density at radius 1 is 1.27 bits per heavy atom. The molecule has 2 atom stereocenters. The molecule has 1 aromatic heterocycles. The minimum absolute atomic E-state index is 0.0341. The van der Waals surface area contributed by atoms with Gasteiger partial charge >= 0.3 is 17.8 Å². The number of rotatable bonds is 6. The Labute approximate surface area is 173 Å². The summed E-state index contributed by atoms with van der Waals surface area (Å²) in [7, 11) is 0. The van der Waals surface area contributed by atoms with Crippen LogP contribution >= 0.6 is 0 Å². The molecule has 9 nitrogen and oxygen atoms in total. The number of urea groups is 1. The van der Waals surface area contributed by atoms with Gasteiger partial charge in [-0.1, -0.05) is 31.9 Å². The highest BCUT2D eigenvalue weighted by Crippen LogP contribution is 2.38. The van der Waals surface area contributed by atoms with Crippen LogP contribution in [0.1, 0.15) is 39.0 Å². The second kappa shape index (κ2) is 7.97. The van der Waals surface area contributed by atoms with Crippen LogP contribution in [-0.2, 0) is 20.9 Å². The topological polar surface area (TPSA) is 111 Å². The van der Waals surface area contributed by atoms with E-state index in [0.717, 1.165) is 24.2 Å². The smallest absolute Gasteiger partial charge is 0.419 e. The Morgan fingerprint density at radius 2 is 2.07 bits per heavy atom. The fourth-order valence-corrected chi connectivity index (χ4v) is 4.45. The maximum Gasteiger partial charge on any atom is 0.419 e. The van der Waals surface area contributed by atoms with E-state index in [1.807, 2.05) is 13.0 Å². The number of amides is 3. The zero-order valence-corrected chi connectivity index (χ0v) is 16.9. The number of nitrogens with zero attached hydrogens (tertiary/aromatic N) is 2. The molecule has 1 N–H and O–H groups in total. The van der Waals surface area contributed by atoms with Crippen molar-refractivity contribution in [3.05, 3.63) is 34.8 Å². The summed E-state index contributed by atoms with van der Waals surface area (Å²) in [5.41, 5.74) is 0.294. The van der Waals surface area contributed by atoms with Crippen LogP contribution in [0.15, 0.2) is 33.5 Å². The number of ether oxygens (including phenoxy) is 1. The molecule has 2 aliphatic rings. The van der Waals surface area contributed by atoms with Crippen molar-refractivity contribution in [1.82, 2.24) is 14.8 Å². The van der Waals surface area contributed by atoms with Crippen LogP contribution in [0.4, 0.5) is 4.79 Å². The summed E-state index contributed by atoms with van der Waals surface area (Å²) < 4.78 is 11.8. The molecule has 1 saturated carbocycles. The molecule has 2 unspecified atom stereocenters. The summed E-state index contributed by atoms with van der Waals surface area (Å²) in [5.74, 6) is -1.42. The van der Waals surface area contributed by atoms with Crippen LogP contribution in [-0.4, -0.2) is 46.1 Å². The third kappa shape index (κ3) is 3.48. The van der Waals surface area contributed by atoms with Crippen molar-refractivity contribution in [3.63, 3.8) is 0 Å². The second-order valence-electron chi connectivity index (χ2n) is 8.00. The summed E-state index contributed by atoms with van der Waals surface area (Å²) >= 11 is 0. The molecule has 30 heavy (non-hydrogen) atoms. The van der Waals surface area contributed by atoms with Crippen molar-refractivity contribution in [3.8, 4) is 0 Å². The number of hydrogen-bond acceptors (Lipinski definition) is 6. The van der Waals surface area contributed by atoms with Gasteiger partial charge in [-0.2, -0.15) is 0 Å². The molecule has 0 radical (unpaired) electrons. The van der Waals surface area contributed by atoms with Gasteiger partial charge in [0.25, 0.3) is 5.91 Å². The van der Waals surface area contributed by atoms with Gasteiger partial charge in [0.15, 0.2) is 5.58 Å². The Hall–Kier alpha value is -3.10. The fourth-order valence-electron chi connectivity index (χ4n) is 4.45. The van der Waals surface area contributed by atoms with Crippen LogP contribution in [0.2, 0.25) is 0 Å². The van der Waals surface area contributed by atoms with Crippen molar-refractivity contribution >= 4 is 29.0 Å². The molecular formula is C21H25N3O6. The first-order valence-corrected chi connectivity index (χ1v) is 10.3. The number of nitrogens with one attached hydrogen (secondary N) is 1. The summed E-state index contributed by atoms with van der Waals surface area (Å²) in [4.78, 5) is 50.3.